The van der Waals surface area contributed by atoms with Crippen LogP contribution in [-0.2, 0) is 10.1 Å². The van der Waals surface area contributed by atoms with Crippen LogP contribution in [0.4, 0.5) is 11.4 Å². The van der Waals surface area contributed by atoms with Gasteiger partial charge in [-0.2, -0.15) is 13.7 Å². The summed E-state index contributed by atoms with van der Waals surface area (Å²) in [5, 5.41) is 29.7. The van der Waals surface area contributed by atoms with Crippen molar-refractivity contribution in [2.75, 3.05) is 0 Å². The quantitative estimate of drug-likeness (QED) is 0.475. The highest BCUT2D eigenvalue weighted by molar-refractivity contribution is 7.86. The van der Waals surface area contributed by atoms with Crippen LogP contribution in [0.3, 0.4) is 0 Å². The molecule has 94 valence electrons. The molecule has 0 unspecified atom stereocenters. The molecular weight excluding hydrogens is 270 g/mol. The van der Waals surface area contributed by atoms with Crippen molar-refractivity contribution in [3.63, 3.8) is 0 Å². The van der Waals surface area contributed by atoms with E-state index in [4.69, 9.17) is 9.81 Å². The van der Waals surface area contributed by atoms with Crippen molar-refractivity contribution in [3.05, 3.63) is 37.9 Å². The SMILES string of the molecule is N#Cc1cc([N+](=O)[O-])cc([N+](=O)[O-])c1S(=O)(=O)O. The Morgan fingerprint density at radius 2 is 1.78 bits per heavy atom. The topological polar surface area (TPSA) is 164 Å². The van der Waals surface area contributed by atoms with E-state index in [1.165, 1.54) is 6.07 Å². The fraction of sp³-hybridized carbons (Fsp3) is 0. The van der Waals surface area contributed by atoms with E-state index in [-0.39, 0.29) is 0 Å². The van der Waals surface area contributed by atoms with E-state index in [0.717, 1.165) is 0 Å². The van der Waals surface area contributed by atoms with Crippen molar-refractivity contribution in [1.29, 1.82) is 5.26 Å². The van der Waals surface area contributed by atoms with Crippen LogP contribution in [0.1, 0.15) is 5.56 Å². The summed E-state index contributed by atoms with van der Waals surface area (Å²) >= 11 is 0. The minimum Gasteiger partial charge on any atom is -0.282 e. The minimum absolute atomic E-state index is 0.351. The summed E-state index contributed by atoms with van der Waals surface area (Å²) in [5.41, 5.74) is -2.94. The average molecular weight is 273 g/mol. The van der Waals surface area contributed by atoms with Crippen LogP contribution < -0.4 is 0 Å². The van der Waals surface area contributed by atoms with Crippen LogP contribution >= 0.6 is 0 Å². The van der Waals surface area contributed by atoms with Crippen LogP contribution in [0.5, 0.6) is 0 Å². The summed E-state index contributed by atoms with van der Waals surface area (Å²) in [6.07, 6.45) is 0. The van der Waals surface area contributed by atoms with E-state index in [9.17, 15) is 28.6 Å². The molecule has 1 aromatic rings. The summed E-state index contributed by atoms with van der Waals surface area (Å²) in [4.78, 5) is 17.5. The van der Waals surface area contributed by atoms with Crippen LogP contribution in [0.2, 0.25) is 0 Å². The van der Waals surface area contributed by atoms with Gasteiger partial charge in [0.25, 0.3) is 11.4 Å². The van der Waals surface area contributed by atoms with Crippen molar-refractivity contribution in [1.82, 2.24) is 0 Å². The Morgan fingerprint density at radius 3 is 2.11 bits per heavy atom. The first-order valence-corrected chi connectivity index (χ1v) is 5.47. The Bertz CT molecular complexity index is 688. The lowest BCUT2D eigenvalue weighted by Crippen LogP contribution is -2.07. The highest BCUT2D eigenvalue weighted by Gasteiger charge is 2.31. The third kappa shape index (κ3) is 2.39. The Kier molecular flexibility index (Phi) is 3.26. The largest absolute Gasteiger partial charge is 0.302 e. The van der Waals surface area contributed by atoms with Gasteiger partial charge in [-0.25, -0.2) is 0 Å². The van der Waals surface area contributed by atoms with Gasteiger partial charge in [-0.3, -0.25) is 24.8 Å². The van der Waals surface area contributed by atoms with Gasteiger partial charge in [0.05, 0.1) is 21.5 Å². The summed E-state index contributed by atoms with van der Waals surface area (Å²) in [7, 11) is -5.05. The number of non-ortho nitro benzene ring substituents is 1. The number of hydrogen-bond donors (Lipinski definition) is 1. The monoisotopic (exact) mass is 273 g/mol. The molecule has 10 nitrogen and oxygen atoms in total. The van der Waals surface area contributed by atoms with Crippen molar-refractivity contribution in [2.45, 2.75) is 4.90 Å². The van der Waals surface area contributed by atoms with E-state index in [2.05, 4.69) is 0 Å². The van der Waals surface area contributed by atoms with Crippen LogP contribution in [0.15, 0.2) is 17.0 Å². The number of hydrogen-bond acceptors (Lipinski definition) is 7. The molecule has 0 spiro atoms. The van der Waals surface area contributed by atoms with Gasteiger partial charge in [-0.1, -0.05) is 0 Å². The van der Waals surface area contributed by atoms with E-state index >= 15 is 0 Å². The Hall–Kier alpha value is -2.58. The van der Waals surface area contributed by atoms with E-state index in [1.54, 1.807) is 0 Å². The molecule has 0 aliphatic heterocycles. The summed E-state index contributed by atoms with van der Waals surface area (Å²) in [6.45, 7) is 0. The third-order valence-electron chi connectivity index (χ3n) is 1.84. The summed E-state index contributed by atoms with van der Waals surface area (Å²) in [6, 6.07) is 2.12. The molecule has 0 bridgehead atoms. The maximum absolute atomic E-state index is 10.9. The second-order valence-electron chi connectivity index (χ2n) is 2.94. The highest BCUT2D eigenvalue weighted by Crippen LogP contribution is 2.31. The standard InChI is InChI=1S/C7H3N3O7S/c8-3-4-1-5(9(11)12)2-6(10(13)14)7(4)18(15,16)17/h1-2H,(H,15,16,17). The molecule has 0 aromatic heterocycles. The smallest absolute Gasteiger partial charge is 0.282 e. The van der Waals surface area contributed by atoms with E-state index in [0.29, 0.717) is 12.1 Å². The number of rotatable bonds is 3. The van der Waals surface area contributed by atoms with Crippen molar-refractivity contribution >= 4 is 21.5 Å². The molecule has 0 saturated carbocycles. The van der Waals surface area contributed by atoms with Gasteiger partial charge in [-0.15, -0.1) is 0 Å². The Morgan fingerprint density at radius 1 is 1.22 bits per heavy atom. The predicted octanol–water partition coefficient (Wildman–Crippen LogP) is 0.621. The number of nitrogens with zero attached hydrogens (tertiary/aromatic N) is 3. The fourth-order valence-electron chi connectivity index (χ4n) is 1.19. The van der Waals surface area contributed by atoms with Crippen LogP contribution in [0.25, 0.3) is 0 Å². The first-order chi connectivity index (χ1) is 8.18. The molecule has 0 aliphatic carbocycles. The van der Waals surface area contributed by atoms with Crippen LogP contribution in [0, 0.1) is 31.6 Å². The molecule has 0 aliphatic rings. The molecule has 0 saturated heterocycles. The molecule has 11 heteroatoms. The minimum atomic E-state index is -5.05. The summed E-state index contributed by atoms with van der Waals surface area (Å²) < 4.78 is 30.7. The van der Waals surface area contributed by atoms with E-state index < -0.39 is 41.8 Å². The van der Waals surface area contributed by atoms with Crippen molar-refractivity contribution < 1.29 is 22.8 Å². The second-order valence-corrected chi connectivity index (χ2v) is 4.30. The molecule has 18 heavy (non-hydrogen) atoms. The number of nitro groups is 2. The van der Waals surface area contributed by atoms with E-state index in [1.807, 2.05) is 0 Å². The molecule has 0 atom stereocenters. The lowest BCUT2D eigenvalue weighted by Gasteiger charge is -2.01. The van der Waals surface area contributed by atoms with Crippen molar-refractivity contribution in [2.24, 2.45) is 0 Å². The predicted molar refractivity (Wildman–Crippen MR) is 54.3 cm³/mol. The van der Waals surface area contributed by atoms with Crippen molar-refractivity contribution in [3.8, 4) is 6.07 Å². The molecule has 0 radical (unpaired) electrons. The first kappa shape index (κ1) is 13.5. The van der Waals surface area contributed by atoms with Gasteiger partial charge in [-0.05, 0) is 0 Å². The number of nitriles is 1. The average Bonchev–Trinajstić information content (AvgIpc) is 2.25. The zero-order chi connectivity index (χ0) is 14.1. The van der Waals surface area contributed by atoms with Gasteiger partial charge in [0.2, 0.25) is 0 Å². The van der Waals surface area contributed by atoms with Crippen LogP contribution in [-0.4, -0.2) is 22.8 Å². The molecular formula is C7H3N3O7S. The normalized spacial score (nSPS) is 10.7. The molecule has 0 fully saturated rings. The molecule has 0 amide bonds. The fourth-order valence-corrected chi connectivity index (χ4v) is 1.97. The summed E-state index contributed by atoms with van der Waals surface area (Å²) in [5.74, 6) is 0. The van der Waals surface area contributed by atoms with Gasteiger partial charge >= 0.3 is 10.1 Å². The molecule has 1 rings (SSSR count). The molecule has 1 aromatic carbocycles. The van der Waals surface area contributed by atoms with Gasteiger partial charge in [0, 0.05) is 6.07 Å². The zero-order valence-electron chi connectivity index (χ0n) is 8.30. The number of nitro benzene ring substituents is 2. The molecule has 1 N–H and O–H groups in total. The maximum Gasteiger partial charge on any atom is 0.302 e. The first-order valence-electron chi connectivity index (χ1n) is 4.03. The maximum atomic E-state index is 10.9. The van der Waals surface area contributed by atoms with Gasteiger partial charge < -0.3 is 0 Å². The third-order valence-corrected chi connectivity index (χ3v) is 2.78. The zero-order valence-corrected chi connectivity index (χ0v) is 9.12. The lowest BCUT2D eigenvalue weighted by molar-refractivity contribution is -0.396. The van der Waals surface area contributed by atoms with Gasteiger partial charge in [0.1, 0.15) is 6.07 Å². The Balaban J connectivity index is 3.87. The lowest BCUT2D eigenvalue weighted by atomic mass is 10.2. The molecule has 0 heterocycles. The highest BCUT2D eigenvalue weighted by atomic mass is 32.2. The van der Waals surface area contributed by atoms with Gasteiger partial charge in [0.15, 0.2) is 4.90 Å². The Labute approximate surface area is 99.1 Å². The second kappa shape index (κ2) is 4.35. The number of benzene rings is 1.